The van der Waals surface area contributed by atoms with E-state index in [2.05, 4.69) is 5.32 Å². The molecule has 1 atom stereocenters. The Morgan fingerprint density at radius 2 is 2.16 bits per heavy atom. The van der Waals surface area contributed by atoms with Crippen molar-refractivity contribution in [2.75, 3.05) is 7.11 Å². The van der Waals surface area contributed by atoms with Gasteiger partial charge in [0.2, 0.25) is 5.91 Å². The van der Waals surface area contributed by atoms with E-state index in [0.717, 1.165) is 16.9 Å². The van der Waals surface area contributed by atoms with E-state index in [0.29, 0.717) is 19.4 Å². The van der Waals surface area contributed by atoms with Crippen LogP contribution in [0.25, 0.3) is 0 Å². The predicted octanol–water partition coefficient (Wildman–Crippen LogP) is 2.17. The highest BCUT2D eigenvalue weighted by atomic mass is 35.5. The van der Waals surface area contributed by atoms with E-state index < -0.39 is 0 Å². The molecule has 4 nitrogen and oxygen atoms in total. The van der Waals surface area contributed by atoms with Crippen LogP contribution in [0.4, 0.5) is 0 Å². The monoisotopic (exact) mass is 286 g/mol. The first kappa shape index (κ1) is 17.7. The van der Waals surface area contributed by atoms with E-state index in [1.54, 1.807) is 7.11 Å². The molecule has 1 aromatic carbocycles. The molecule has 0 aromatic heterocycles. The molecule has 1 unspecified atom stereocenters. The fraction of sp³-hybridized carbons (Fsp3) is 0.500. The molecule has 1 rings (SSSR count). The van der Waals surface area contributed by atoms with Crippen LogP contribution in [-0.4, -0.2) is 19.1 Å². The van der Waals surface area contributed by atoms with Gasteiger partial charge in [-0.2, -0.15) is 0 Å². The molecule has 0 radical (unpaired) electrons. The number of ether oxygens (including phenoxy) is 1. The van der Waals surface area contributed by atoms with Gasteiger partial charge in [-0.1, -0.05) is 12.1 Å². The van der Waals surface area contributed by atoms with Crippen LogP contribution in [0.2, 0.25) is 0 Å². The number of rotatable bonds is 6. The number of nitrogens with one attached hydrogen (secondary N) is 1. The molecule has 3 N–H and O–H groups in total. The lowest BCUT2D eigenvalue weighted by Gasteiger charge is -2.09. The Hall–Kier alpha value is -1.26. The molecule has 1 amide bonds. The average molecular weight is 287 g/mol. The summed E-state index contributed by atoms with van der Waals surface area (Å²) in [5, 5.41) is 2.88. The minimum absolute atomic E-state index is 0. The van der Waals surface area contributed by atoms with E-state index in [1.165, 1.54) is 0 Å². The summed E-state index contributed by atoms with van der Waals surface area (Å²) in [6.07, 6.45) is 1.18. The number of hydrogen-bond acceptors (Lipinski definition) is 3. The molecule has 0 heterocycles. The number of aryl methyl sites for hydroxylation is 1. The Morgan fingerprint density at radius 3 is 2.74 bits per heavy atom. The first-order chi connectivity index (χ1) is 8.52. The van der Waals surface area contributed by atoms with Crippen molar-refractivity contribution in [3.8, 4) is 5.75 Å². The third-order valence-corrected chi connectivity index (χ3v) is 2.79. The highest BCUT2D eigenvalue weighted by Crippen LogP contribution is 2.18. The number of hydrogen-bond donors (Lipinski definition) is 2. The van der Waals surface area contributed by atoms with Gasteiger partial charge in [-0.3, -0.25) is 4.79 Å². The average Bonchev–Trinajstić information content (AvgIpc) is 2.35. The molecule has 0 aliphatic carbocycles. The van der Waals surface area contributed by atoms with Crippen LogP contribution in [0.1, 0.15) is 30.9 Å². The minimum Gasteiger partial charge on any atom is -0.496 e. The van der Waals surface area contributed by atoms with Crippen molar-refractivity contribution in [2.24, 2.45) is 5.73 Å². The molecule has 5 heteroatoms. The second-order valence-corrected chi connectivity index (χ2v) is 4.60. The third kappa shape index (κ3) is 6.45. The van der Waals surface area contributed by atoms with Crippen molar-refractivity contribution in [1.82, 2.24) is 5.32 Å². The molecule has 0 aliphatic rings. The molecule has 0 saturated carbocycles. The van der Waals surface area contributed by atoms with Crippen molar-refractivity contribution in [1.29, 1.82) is 0 Å². The molecule has 19 heavy (non-hydrogen) atoms. The van der Waals surface area contributed by atoms with Gasteiger partial charge in [0.05, 0.1) is 7.11 Å². The van der Waals surface area contributed by atoms with Crippen LogP contribution in [0, 0.1) is 6.92 Å². The Bertz CT molecular complexity index is 408. The van der Waals surface area contributed by atoms with E-state index >= 15 is 0 Å². The van der Waals surface area contributed by atoms with Gasteiger partial charge in [0.15, 0.2) is 0 Å². The first-order valence-corrected chi connectivity index (χ1v) is 6.18. The summed E-state index contributed by atoms with van der Waals surface area (Å²) < 4.78 is 5.24. The molecule has 0 bridgehead atoms. The maximum absolute atomic E-state index is 11.5. The molecule has 1 aromatic rings. The van der Waals surface area contributed by atoms with E-state index in [9.17, 15) is 4.79 Å². The zero-order valence-corrected chi connectivity index (χ0v) is 12.5. The van der Waals surface area contributed by atoms with E-state index in [4.69, 9.17) is 10.5 Å². The van der Waals surface area contributed by atoms with Crippen molar-refractivity contribution in [2.45, 2.75) is 39.3 Å². The molecular weight excluding hydrogens is 264 g/mol. The standard InChI is InChI=1S/C14H22N2O2.ClH/c1-10-4-6-12(8-13(10)18-3)9-16-14(17)7-5-11(2)15;/h4,6,8,11H,5,7,9,15H2,1-3H3,(H,16,17);1H. The lowest BCUT2D eigenvalue weighted by atomic mass is 10.1. The Morgan fingerprint density at radius 1 is 1.47 bits per heavy atom. The summed E-state index contributed by atoms with van der Waals surface area (Å²) in [7, 11) is 1.65. The second kappa shape index (κ2) is 8.77. The van der Waals surface area contributed by atoms with Gasteiger partial charge in [0.1, 0.15) is 5.75 Å². The van der Waals surface area contributed by atoms with Gasteiger partial charge in [-0.15, -0.1) is 12.4 Å². The minimum atomic E-state index is 0. The Balaban J connectivity index is 0.00000324. The van der Waals surface area contributed by atoms with Gasteiger partial charge in [-0.25, -0.2) is 0 Å². The molecule has 0 fully saturated rings. The summed E-state index contributed by atoms with van der Waals surface area (Å²) in [6, 6.07) is 5.99. The zero-order valence-electron chi connectivity index (χ0n) is 11.7. The Labute approximate surface area is 121 Å². The number of carbonyl (C=O) groups excluding carboxylic acids is 1. The van der Waals surface area contributed by atoms with Crippen molar-refractivity contribution in [3.63, 3.8) is 0 Å². The van der Waals surface area contributed by atoms with Gasteiger partial charge in [0.25, 0.3) is 0 Å². The van der Waals surface area contributed by atoms with Crippen LogP contribution in [0.3, 0.4) is 0 Å². The number of methoxy groups -OCH3 is 1. The van der Waals surface area contributed by atoms with Crippen LogP contribution >= 0.6 is 12.4 Å². The van der Waals surface area contributed by atoms with Gasteiger partial charge in [-0.05, 0) is 37.5 Å². The second-order valence-electron chi connectivity index (χ2n) is 4.60. The fourth-order valence-electron chi connectivity index (χ4n) is 1.62. The summed E-state index contributed by atoms with van der Waals surface area (Å²) in [5.41, 5.74) is 7.73. The highest BCUT2D eigenvalue weighted by Gasteiger charge is 2.05. The summed E-state index contributed by atoms with van der Waals surface area (Å²) in [6.45, 7) is 4.41. The van der Waals surface area contributed by atoms with Gasteiger partial charge < -0.3 is 15.8 Å². The molecule has 0 saturated heterocycles. The smallest absolute Gasteiger partial charge is 0.220 e. The van der Waals surface area contributed by atoms with Crippen molar-refractivity contribution in [3.05, 3.63) is 29.3 Å². The van der Waals surface area contributed by atoms with Crippen molar-refractivity contribution >= 4 is 18.3 Å². The number of benzene rings is 1. The quantitative estimate of drug-likeness (QED) is 0.842. The number of amides is 1. The summed E-state index contributed by atoms with van der Waals surface area (Å²) in [4.78, 5) is 11.5. The van der Waals surface area contributed by atoms with E-state index in [-0.39, 0.29) is 24.4 Å². The van der Waals surface area contributed by atoms with Crippen LogP contribution in [0.5, 0.6) is 5.75 Å². The van der Waals surface area contributed by atoms with E-state index in [1.807, 2.05) is 32.0 Å². The largest absolute Gasteiger partial charge is 0.496 e. The topological polar surface area (TPSA) is 64.3 Å². The maximum Gasteiger partial charge on any atom is 0.220 e. The summed E-state index contributed by atoms with van der Waals surface area (Å²) >= 11 is 0. The third-order valence-electron chi connectivity index (χ3n) is 2.79. The van der Waals surface area contributed by atoms with Crippen molar-refractivity contribution < 1.29 is 9.53 Å². The lowest BCUT2D eigenvalue weighted by molar-refractivity contribution is -0.121. The first-order valence-electron chi connectivity index (χ1n) is 6.18. The summed E-state index contributed by atoms with van der Waals surface area (Å²) in [5.74, 6) is 0.879. The SMILES string of the molecule is COc1cc(CNC(=O)CCC(C)N)ccc1C.Cl. The maximum atomic E-state index is 11.5. The number of carbonyl (C=O) groups is 1. The zero-order chi connectivity index (χ0) is 13.5. The van der Waals surface area contributed by atoms with Crippen LogP contribution in [-0.2, 0) is 11.3 Å². The lowest BCUT2D eigenvalue weighted by Crippen LogP contribution is -2.25. The predicted molar refractivity (Wildman–Crippen MR) is 79.7 cm³/mol. The molecule has 0 aliphatic heterocycles. The highest BCUT2D eigenvalue weighted by molar-refractivity contribution is 5.85. The molecular formula is C14H23ClN2O2. The van der Waals surface area contributed by atoms with Gasteiger partial charge >= 0.3 is 0 Å². The van der Waals surface area contributed by atoms with Gasteiger partial charge in [0, 0.05) is 19.0 Å². The molecule has 0 spiro atoms. The Kier molecular flexibility index (Phi) is 8.19. The fourth-order valence-corrected chi connectivity index (χ4v) is 1.62. The normalized spacial score (nSPS) is 11.4. The van der Waals surface area contributed by atoms with Crippen LogP contribution in [0.15, 0.2) is 18.2 Å². The number of nitrogens with two attached hydrogens (primary N) is 1. The number of halogens is 1. The van der Waals surface area contributed by atoms with Crippen LogP contribution < -0.4 is 15.8 Å². The molecule has 108 valence electrons.